The Labute approximate surface area is 167 Å². The third kappa shape index (κ3) is 3.20. The largest absolute Gasteiger partial charge is 0.272 e. The molecular weight excluding hydrogens is 376 g/mol. The van der Waals surface area contributed by atoms with Gasteiger partial charge >= 0.3 is 0 Å². The van der Waals surface area contributed by atoms with Crippen molar-refractivity contribution in [2.45, 2.75) is 38.6 Å². The lowest BCUT2D eigenvalue weighted by Gasteiger charge is -2.70. The summed E-state index contributed by atoms with van der Waals surface area (Å²) in [6.07, 6.45) is 5.83. The van der Waals surface area contributed by atoms with Crippen LogP contribution in [0.25, 0.3) is 0 Å². The van der Waals surface area contributed by atoms with Gasteiger partial charge in [0.05, 0.1) is 17.5 Å². The van der Waals surface area contributed by atoms with E-state index in [1.807, 2.05) is 0 Å². The molecule has 0 radical (unpaired) electrons. The van der Waals surface area contributed by atoms with Gasteiger partial charge in [-0.15, -0.1) is 0 Å². The molecule has 3 aliphatic carbocycles. The number of hydrogen-bond acceptors (Lipinski definition) is 5. The Bertz CT molecular complexity index is 940. The Balaban J connectivity index is 1.44. The first-order valence-corrected chi connectivity index (χ1v) is 9.44. The second-order valence-electron chi connectivity index (χ2n) is 8.38. The van der Waals surface area contributed by atoms with Crippen molar-refractivity contribution < 1.29 is 13.6 Å². The molecule has 3 saturated carbocycles. The van der Waals surface area contributed by atoms with Crippen molar-refractivity contribution >= 4 is 18.8 Å². The molecule has 1 amide bonds. The number of rotatable bonds is 6. The Kier molecular flexibility index (Phi) is 4.49. The maximum Gasteiger partial charge on any atom is 0.249 e. The number of allylic oxidation sites excluding steroid dienone is 1. The molecule has 8 heteroatoms. The van der Waals surface area contributed by atoms with Gasteiger partial charge in [0.25, 0.3) is 0 Å². The summed E-state index contributed by atoms with van der Waals surface area (Å²) in [6.45, 7) is 5.85. The van der Waals surface area contributed by atoms with Gasteiger partial charge in [0, 0.05) is 43.7 Å². The molecular formula is C21H21F2N5O. The number of nitrogens with zero attached hydrogens (tertiary/aromatic N) is 5. The third-order valence-corrected chi connectivity index (χ3v) is 6.10. The number of halogens is 2. The van der Waals surface area contributed by atoms with Gasteiger partial charge < -0.3 is 0 Å². The normalized spacial score (nSPS) is 29.7. The molecule has 1 heterocycles. The summed E-state index contributed by atoms with van der Waals surface area (Å²) in [6, 6.07) is 4.90. The maximum absolute atomic E-state index is 13.6. The molecule has 29 heavy (non-hydrogen) atoms. The number of benzene rings is 1. The van der Waals surface area contributed by atoms with Crippen LogP contribution in [0.1, 0.15) is 44.2 Å². The molecule has 0 aromatic heterocycles. The molecule has 5 rings (SSSR count). The van der Waals surface area contributed by atoms with Crippen LogP contribution in [0.2, 0.25) is 0 Å². The highest BCUT2D eigenvalue weighted by atomic mass is 19.1. The zero-order valence-electron chi connectivity index (χ0n) is 16.1. The summed E-state index contributed by atoms with van der Waals surface area (Å²) in [5.74, 6) is -1.42. The summed E-state index contributed by atoms with van der Waals surface area (Å²) in [4.78, 5) is 13.2. The lowest BCUT2D eigenvalue weighted by molar-refractivity contribution is -0.221. The van der Waals surface area contributed by atoms with Crippen LogP contribution in [0.5, 0.6) is 0 Å². The highest BCUT2D eigenvalue weighted by molar-refractivity contribution is 5.88. The molecule has 150 valence electrons. The number of hydrazone groups is 2. The Hall–Kier alpha value is -3.08. The van der Waals surface area contributed by atoms with E-state index in [1.54, 1.807) is 24.3 Å². The summed E-state index contributed by atoms with van der Waals surface area (Å²) in [7, 11) is 0. The Morgan fingerprint density at radius 3 is 2.66 bits per heavy atom. The Morgan fingerprint density at radius 2 is 2.07 bits per heavy atom. The first-order valence-electron chi connectivity index (χ1n) is 9.44. The summed E-state index contributed by atoms with van der Waals surface area (Å²) < 4.78 is 27.2. The van der Waals surface area contributed by atoms with E-state index in [4.69, 9.17) is 5.26 Å². The summed E-state index contributed by atoms with van der Waals surface area (Å²) in [5, 5.41) is 20.1. The molecule has 3 fully saturated rings. The SMILES string of the molecule is C=NN(/C=C(\C)C#N)CC12CC(C(=O)N3N=CCC3c3cc(F)cc(F)c3)(C1)C2. The molecule has 6 nitrogen and oxygen atoms in total. The van der Waals surface area contributed by atoms with Crippen LogP contribution in [-0.2, 0) is 4.79 Å². The zero-order valence-corrected chi connectivity index (χ0v) is 16.1. The van der Waals surface area contributed by atoms with Crippen LogP contribution >= 0.6 is 0 Å². The fourth-order valence-electron chi connectivity index (χ4n) is 5.02. The van der Waals surface area contributed by atoms with Gasteiger partial charge in [-0.05, 0) is 49.3 Å². The van der Waals surface area contributed by atoms with E-state index in [2.05, 4.69) is 23.0 Å². The minimum atomic E-state index is -0.665. The highest BCUT2D eigenvalue weighted by Gasteiger charge is 2.72. The number of carbonyl (C=O) groups is 1. The van der Waals surface area contributed by atoms with Gasteiger partial charge in [-0.2, -0.15) is 15.5 Å². The van der Waals surface area contributed by atoms with E-state index < -0.39 is 23.1 Å². The third-order valence-electron chi connectivity index (χ3n) is 6.10. The zero-order chi connectivity index (χ0) is 20.8. The van der Waals surface area contributed by atoms with Crippen LogP contribution in [0, 0.1) is 33.8 Å². The average molecular weight is 397 g/mol. The van der Waals surface area contributed by atoms with Crippen molar-refractivity contribution in [1.29, 1.82) is 5.26 Å². The van der Waals surface area contributed by atoms with E-state index in [9.17, 15) is 13.6 Å². The summed E-state index contributed by atoms with van der Waals surface area (Å²) in [5.41, 5.74) is 0.458. The smallest absolute Gasteiger partial charge is 0.249 e. The molecule has 1 atom stereocenters. The van der Waals surface area contributed by atoms with Crippen LogP contribution < -0.4 is 0 Å². The number of hydrogen-bond donors (Lipinski definition) is 0. The Morgan fingerprint density at radius 1 is 1.41 bits per heavy atom. The minimum absolute atomic E-state index is 0.0208. The average Bonchev–Trinajstić information content (AvgIpc) is 3.10. The monoisotopic (exact) mass is 397 g/mol. The van der Waals surface area contributed by atoms with Crippen LogP contribution in [0.3, 0.4) is 0 Å². The molecule has 1 aromatic rings. The predicted molar refractivity (Wildman–Crippen MR) is 103 cm³/mol. The van der Waals surface area contributed by atoms with Gasteiger partial charge in [-0.3, -0.25) is 9.80 Å². The van der Waals surface area contributed by atoms with E-state index in [-0.39, 0.29) is 11.3 Å². The van der Waals surface area contributed by atoms with Gasteiger partial charge in [-0.25, -0.2) is 13.8 Å². The number of nitriles is 1. The lowest BCUT2D eigenvalue weighted by atomic mass is 9.34. The second kappa shape index (κ2) is 6.76. The van der Waals surface area contributed by atoms with E-state index in [1.165, 1.54) is 17.1 Å². The fraction of sp³-hybridized carbons (Fsp3) is 0.429. The molecule has 0 spiro atoms. The first-order chi connectivity index (χ1) is 13.8. The van der Waals surface area contributed by atoms with Gasteiger partial charge in [-0.1, -0.05) is 0 Å². The molecule has 1 unspecified atom stereocenters. The van der Waals surface area contributed by atoms with Crippen molar-refractivity contribution in [3.8, 4) is 6.07 Å². The molecule has 2 bridgehead atoms. The minimum Gasteiger partial charge on any atom is -0.272 e. The topological polar surface area (TPSA) is 72.1 Å². The van der Waals surface area contributed by atoms with Crippen molar-refractivity contribution in [3.05, 3.63) is 47.2 Å². The first kappa shape index (κ1) is 19.2. The number of carbonyl (C=O) groups excluding carboxylic acids is 1. The van der Waals surface area contributed by atoms with Gasteiger partial charge in [0.1, 0.15) is 11.6 Å². The van der Waals surface area contributed by atoms with Gasteiger partial charge in [0.15, 0.2) is 0 Å². The lowest BCUT2D eigenvalue weighted by Crippen LogP contribution is -2.70. The highest BCUT2D eigenvalue weighted by Crippen LogP contribution is 2.74. The van der Waals surface area contributed by atoms with Crippen molar-refractivity contribution in [2.24, 2.45) is 21.0 Å². The maximum atomic E-state index is 13.6. The molecule has 1 aliphatic heterocycles. The van der Waals surface area contributed by atoms with Crippen LogP contribution in [-0.4, -0.2) is 35.4 Å². The standard InChI is InChI=1S/C21H21F2N5O/c1-14(8-24)9-27(25-2)13-20-10-21(11-20,12-20)19(29)28-18(3-4-26-28)15-5-16(22)7-17(23)6-15/h4-7,9,18H,2-3,10-13H2,1H3/b14-9+. The molecule has 0 saturated heterocycles. The van der Waals surface area contributed by atoms with Crippen molar-refractivity contribution in [1.82, 2.24) is 10.0 Å². The van der Waals surface area contributed by atoms with Crippen LogP contribution in [0.15, 0.2) is 40.2 Å². The van der Waals surface area contributed by atoms with E-state index in [0.29, 0.717) is 43.4 Å². The van der Waals surface area contributed by atoms with Crippen molar-refractivity contribution in [3.63, 3.8) is 0 Å². The van der Waals surface area contributed by atoms with Crippen molar-refractivity contribution in [2.75, 3.05) is 6.54 Å². The molecule has 4 aliphatic rings. The molecule has 1 aromatic carbocycles. The van der Waals surface area contributed by atoms with Gasteiger partial charge in [0.2, 0.25) is 5.91 Å². The fourth-order valence-corrected chi connectivity index (χ4v) is 5.02. The van der Waals surface area contributed by atoms with E-state index in [0.717, 1.165) is 6.07 Å². The van der Waals surface area contributed by atoms with E-state index >= 15 is 0 Å². The quantitative estimate of drug-likeness (QED) is 0.417. The second-order valence-corrected chi connectivity index (χ2v) is 8.38. The predicted octanol–water partition coefficient (Wildman–Crippen LogP) is 3.74. The molecule has 0 N–H and O–H groups in total. The van der Waals surface area contributed by atoms with Crippen LogP contribution in [0.4, 0.5) is 8.78 Å². The number of amides is 1. The summed E-state index contributed by atoms with van der Waals surface area (Å²) >= 11 is 0.